The zero-order valence-electron chi connectivity index (χ0n) is 9.60. The van der Waals surface area contributed by atoms with Gasteiger partial charge in [0.15, 0.2) is 0 Å². The molecule has 2 rings (SSSR count). The highest BCUT2D eigenvalue weighted by atomic mass is 16.5. The summed E-state index contributed by atoms with van der Waals surface area (Å²) in [5.74, 6) is 1.44. The van der Waals surface area contributed by atoms with Crippen LogP contribution in [-0.4, -0.2) is 32.6 Å². The van der Waals surface area contributed by atoms with Crippen molar-refractivity contribution in [1.29, 1.82) is 0 Å². The molecule has 1 unspecified atom stereocenters. The number of methoxy groups -OCH3 is 2. The van der Waals surface area contributed by atoms with Crippen molar-refractivity contribution in [2.24, 2.45) is 0 Å². The maximum atomic E-state index is 9.79. The molecule has 0 aliphatic carbocycles. The van der Waals surface area contributed by atoms with E-state index < -0.39 is 6.23 Å². The highest BCUT2D eigenvalue weighted by Crippen LogP contribution is 2.35. The van der Waals surface area contributed by atoms with Crippen molar-refractivity contribution in [2.45, 2.75) is 6.23 Å². The van der Waals surface area contributed by atoms with Gasteiger partial charge in [-0.2, -0.15) is 0 Å². The normalized spacial score (nSPS) is 18.9. The van der Waals surface area contributed by atoms with Gasteiger partial charge in [-0.05, 0) is 18.2 Å². The smallest absolute Gasteiger partial charge is 0.149 e. The fourth-order valence-electron chi connectivity index (χ4n) is 1.80. The van der Waals surface area contributed by atoms with E-state index in [-0.39, 0.29) is 0 Å². The molecule has 0 spiro atoms. The second kappa shape index (κ2) is 4.06. The summed E-state index contributed by atoms with van der Waals surface area (Å²) in [6, 6.07) is 5.66. The third-order valence-electron chi connectivity index (χ3n) is 2.77. The van der Waals surface area contributed by atoms with Gasteiger partial charge in [0.25, 0.3) is 0 Å². The predicted molar refractivity (Wildman–Crippen MR) is 62.4 cm³/mol. The largest absolute Gasteiger partial charge is 0.497 e. The molecule has 1 aliphatic heterocycles. The van der Waals surface area contributed by atoms with Crippen molar-refractivity contribution >= 4 is 11.4 Å². The van der Waals surface area contributed by atoms with E-state index in [2.05, 4.69) is 0 Å². The summed E-state index contributed by atoms with van der Waals surface area (Å²) >= 11 is 0. The van der Waals surface area contributed by atoms with Crippen LogP contribution >= 0.6 is 0 Å². The van der Waals surface area contributed by atoms with Gasteiger partial charge in [-0.15, -0.1) is 0 Å². The minimum Gasteiger partial charge on any atom is -0.497 e. The Morgan fingerprint density at radius 3 is 2.62 bits per heavy atom. The van der Waals surface area contributed by atoms with Gasteiger partial charge < -0.3 is 19.5 Å². The van der Waals surface area contributed by atoms with E-state index in [9.17, 15) is 5.11 Å². The van der Waals surface area contributed by atoms with E-state index in [0.29, 0.717) is 5.76 Å². The maximum absolute atomic E-state index is 9.79. The Bertz CT molecular complexity index is 428. The Morgan fingerprint density at radius 1 is 1.25 bits per heavy atom. The van der Waals surface area contributed by atoms with Gasteiger partial charge in [-0.3, -0.25) is 0 Å². The summed E-state index contributed by atoms with van der Waals surface area (Å²) in [6.45, 7) is 0. The Balaban J connectivity index is 2.54. The number of aliphatic hydroxyl groups is 1. The summed E-state index contributed by atoms with van der Waals surface area (Å²) in [5.41, 5.74) is 1.85. The van der Waals surface area contributed by atoms with Crippen LogP contribution < -0.4 is 9.64 Å². The zero-order valence-corrected chi connectivity index (χ0v) is 9.60. The molecule has 1 heterocycles. The number of aliphatic hydroxyl groups excluding tert-OH is 1. The number of nitrogens with zero attached hydrogens (tertiary/aromatic N) is 1. The van der Waals surface area contributed by atoms with Crippen LogP contribution in [0.25, 0.3) is 5.76 Å². The van der Waals surface area contributed by atoms with Crippen LogP contribution in [0.15, 0.2) is 24.3 Å². The third-order valence-corrected chi connectivity index (χ3v) is 2.77. The first-order valence-corrected chi connectivity index (χ1v) is 5.02. The van der Waals surface area contributed by atoms with Crippen LogP contribution in [0.4, 0.5) is 5.69 Å². The Hall–Kier alpha value is -1.68. The molecule has 1 N–H and O–H groups in total. The number of fused-ring (bicyclic) bond motifs is 1. The summed E-state index contributed by atoms with van der Waals surface area (Å²) in [7, 11) is 5.05. The minimum absolute atomic E-state index is 0.657. The maximum Gasteiger partial charge on any atom is 0.149 e. The molecular formula is C12H15NO3. The molecule has 0 aromatic heterocycles. The average Bonchev–Trinajstić information content (AvgIpc) is 2.33. The van der Waals surface area contributed by atoms with Crippen LogP contribution in [0.5, 0.6) is 5.75 Å². The molecule has 1 aromatic rings. The van der Waals surface area contributed by atoms with E-state index in [4.69, 9.17) is 9.47 Å². The summed E-state index contributed by atoms with van der Waals surface area (Å²) in [5, 5.41) is 9.79. The fourth-order valence-corrected chi connectivity index (χ4v) is 1.80. The van der Waals surface area contributed by atoms with Gasteiger partial charge >= 0.3 is 0 Å². The van der Waals surface area contributed by atoms with Crippen molar-refractivity contribution < 1.29 is 14.6 Å². The predicted octanol–water partition coefficient (Wildman–Crippen LogP) is 1.45. The van der Waals surface area contributed by atoms with E-state index in [1.165, 1.54) is 0 Å². The van der Waals surface area contributed by atoms with E-state index in [0.717, 1.165) is 17.0 Å². The molecule has 0 bridgehead atoms. The second-order valence-electron chi connectivity index (χ2n) is 3.64. The molecule has 4 nitrogen and oxygen atoms in total. The van der Waals surface area contributed by atoms with Crippen LogP contribution in [0, 0.1) is 0 Å². The molecule has 1 aliphatic rings. The van der Waals surface area contributed by atoms with Gasteiger partial charge in [0.1, 0.15) is 17.7 Å². The van der Waals surface area contributed by atoms with Gasteiger partial charge in [-0.1, -0.05) is 0 Å². The molecule has 16 heavy (non-hydrogen) atoms. The molecule has 1 aromatic carbocycles. The monoisotopic (exact) mass is 221 g/mol. The van der Waals surface area contributed by atoms with E-state index in [1.54, 1.807) is 25.2 Å². The number of hydrogen-bond acceptors (Lipinski definition) is 4. The lowest BCUT2D eigenvalue weighted by atomic mass is 10.1. The average molecular weight is 221 g/mol. The quantitative estimate of drug-likeness (QED) is 0.820. The highest BCUT2D eigenvalue weighted by Gasteiger charge is 2.23. The lowest BCUT2D eigenvalue weighted by Gasteiger charge is -2.31. The standard InChI is InChI=1S/C12H15NO3/c1-13-10-5-4-8(15-2)6-9(10)11(16-3)7-12(13)14/h4-7,12,14H,1-3H3. The molecule has 1 atom stereocenters. The van der Waals surface area contributed by atoms with Crippen molar-refractivity contribution in [3.05, 3.63) is 29.8 Å². The number of hydrogen-bond donors (Lipinski definition) is 1. The van der Waals surface area contributed by atoms with E-state index in [1.807, 2.05) is 25.2 Å². The third kappa shape index (κ3) is 1.61. The zero-order chi connectivity index (χ0) is 11.7. The first-order valence-electron chi connectivity index (χ1n) is 5.02. The summed E-state index contributed by atoms with van der Waals surface area (Å²) in [4.78, 5) is 1.78. The van der Waals surface area contributed by atoms with Crippen molar-refractivity contribution in [3.8, 4) is 5.75 Å². The second-order valence-corrected chi connectivity index (χ2v) is 3.64. The summed E-state index contributed by atoms with van der Waals surface area (Å²) in [6.07, 6.45) is 1.01. The van der Waals surface area contributed by atoms with Gasteiger partial charge in [-0.25, -0.2) is 0 Å². The SMILES string of the molecule is COC1=CC(O)N(C)c2ccc(OC)cc21. The topological polar surface area (TPSA) is 41.9 Å². The number of ether oxygens (including phenoxy) is 2. The highest BCUT2D eigenvalue weighted by molar-refractivity contribution is 5.78. The Labute approximate surface area is 94.7 Å². The Kier molecular flexibility index (Phi) is 2.75. The van der Waals surface area contributed by atoms with Gasteiger partial charge in [0, 0.05) is 24.4 Å². The van der Waals surface area contributed by atoms with E-state index >= 15 is 0 Å². The van der Waals surface area contributed by atoms with Gasteiger partial charge in [0.05, 0.1) is 14.2 Å². The molecule has 86 valence electrons. The molecule has 0 amide bonds. The molecule has 0 saturated heterocycles. The fraction of sp³-hybridized carbons (Fsp3) is 0.333. The minimum atomic E-state index is -0.657. The molecular weight excluding hydrogens is 206 g/mol. The van der Waals surface area contributed by atoms with Crippen LogP contribution in [0.3, 0.4) is 0 Å². The molecule has 0 radical (unpaired) electrons. The Morgan fingerprint density at radius 2 is 2.00 bits per heavy atom. The van der Waals surface area contributed by atoms with Gasteiger partial charge in [0.2, 0.25) is 0 Å². The molecule has 0 saturated carbocycles. The van der Waals surface area contributed by atoms with Crippen LogP contribution in [-0.2, 0) is 4.74 Å². The van der Waals surface area contributed by atoms with Crippen LogP contribution in [0.1, 0.15) is 5.56 Å². The lowest BCUT2D eigenvalue weighted by molar-refractivity contribution is 0.217. The molecule has 4 heteroatoms. The number of anilines is 1. The number of rotatable bonds is 2. The number of benzene rings is 1. The van der Waals surface area contributed by atoms with Crippen molar-refractivity contribution in [1.82, 2.24) is 0 Å². The van der Waals surface area contributed by atoms with Crippen LogP contribution in [0.2, 0.25) is 0 Å². The first kappa shape index (κ1) is 10.8. The number of likely N-dealkylation sites (N-methyl/N-ethyl adjacent to an activating group) is 1. The van der Waals surface area contributed by atoms with Crippen molar-refractivity contribution in [3.63, 3.8) is 0 Å². The first-order chi connectivity index (χ1) is 7.67. The summed E-state index contributed by atoms with van der Waals surface area (Å²) < 4.78 is 10.4. The lowest BCUT2D eigenvalue weighted by Crippen LogP contribution is -2.33. The molecule has 0 fully saturated rings. The van der Waals surface area contributed by atoms with Crippen molar-refractivity contribution in [2.75, 3.05) is 26.2 Å².